The highest BCUT2D eigenvalue weighted by Crippen LogP contribution is 2.18. The Bertz CT molecular complexity index is 653. The van der Waals surface area contributed by atoms with Gasteiger partial charge in [0.25, 0.3) is 0 Å². The van der Waals surface area contributed by atoms with Crippen molar-refractivity contribution < 1.29 is 14.7 Å². The minimum Gasteiger partial charge on any atom is -0.477 e. The van der Waals surface area contributed by atoms with E-state index in [1.165, 1.54) is 18.6 Å². The van der Waals surface area contributed by atoms with Crippen molar-refractivity contribution in [2.24, 2.45) is 0 Å². The normalized spacial score (nSPS) is 10.6. The first-order valence-corrected chi connectivity index (χ1v) is 7.09. The summed E-state index contributed by atoms with van der Waals surface area (Å²) in [5.74, 6) is -1.19. The molecule has 0 saturated carbocycles. The van der Waals surface area contributed by atoms with Crippen LogP contribution in [-0.4, -0.2) is 21.4 Å². The average Bonchev–Trinajstić information content (AvgIpc) is 2.91. The van der Waals surface area contributed by atoms with Crippen LogP contribution in [0.4, 0.5) is 0 Å². The third-order valence-electron chi connectivity index (χ3n) is 3.48. The highest BCUT2D eigenvalue weighted by atomic mass is 16.4. The van der Waals surface area contributed by atoms with E-state index in [-0.39, 0.29) is 11.5 Å². The largest absolute Gasteiger partial charge is 0.477 e. The van der Waals surface area contributed by atoms with Gasteiger partial charge in [-0.05, 0) is 43.5 Å². The topological polar surface area (TPSA) is 59.3 Å². The summed E-state index contributed by atoms with van der Waals surface area (Å²) in [6.07, 6.45) is 4.88. The zero-order valence-corrected chi connectivity index (χ0v) is 12.3. The fraction of sp³-hybridized carbons (Fsp3) is 0.294. The van der Waals surface area contributed by atoms with E-state index < -0.39 is 5.97 Å². The van der Waals surface area contributed by atoms with E-state index in [2.05, 4.69) is 6.92 Å². The smallest absolute Gasteiger partial charge is 0.352 e. The van der Waals surface area contributed by atoms with Gasteiger partial charge in [-0.25, -0.2) is 4.79 Å². The molecule has 0 bridgehead atoms. The lowest BCUT2D eigenvalue weighted by Crippen LogP contribution is -2.05. The molecule has 4 heteroatoms. The van der Waals surface area contributed by atoms with Gasteiger partial charge in [0.1, 0.15) is 5.69 Å². The molecule has 0 radical (unpaired) electrons. The molecule has 4 nitrogen and oxygen atoms in total. The fourth-order valence-electron chi connectivity index (χ4n) is 2.24. The maximum Gasteiger partial charge on any atom is 0.352 e. The van der Waals surface area contributed by atoms with Crippen molar-refractivity contribution in [3.05, 3.63) is 53.3 Å². The summed E-state index contributed by atoms with van der Waals surface area (Å²) >= 11 is 0. The number of aryl methyl sites for hydroxylation is 1. The maximum absolute atomic E-state index is 11.4. The molecule has 0 aliphatic carbocycles. The van der Waals surface area contributed by atoms with Gasteiger partial charge < -0.3 is 9.67 Å². The number of Topliss-reactive ketones (excluding diaryl/α,β-unsaturated/α-hetero) is 1. The van der Waals surface area contributed by atoms with Gasteiger partial charge in [0.05, 0.1) is 0 Å². The van der Waals surface area contributed by atoms with Crippen molar-refractivity contribution in [3.63, 3.8) is 0 Å². The zero-order valence-electron chi connectivity index (χ0n) is 12.3. The molecule has 0 unspecified atom stereocenters. The molecule has 0 amide bonds. The van der Waals surface area contributed by atoms with E-state index in [0.717, 1.165) is 24.9 Å². The van der Waals surface area contributed by atoms with Crippen LogP contribution in [0.2, 0.25) is 0 Å². The summed E-state index contributed by atoms with van der Waals surface area (Å²) in [6, 6.07) is 9.20. The Hall–Kier alpha value is -2.36. The Labute approximate surface area is 124 Å². The first-order chi connectivity index (χ1) is 10.0. The van der Waals surface area contributed by atoms with E-state index in [4.69, 9.17) is 0 Å². The van der Waals surface area contributed by atoms with Crippen LogP contribution < -0.4 is 0 Å². The summed E-state index contributed by atoms with van der Waals surface area (Å²) in [6.45, 7) is 3.58. The van der Waals surface area contributed by atoms with Gasteiger partial charge in [0, 0.05) is 17.4 Å². The van der Waals surface area contributed by atoms with E-state index in [9.17, 15) is 14.7 Å². The van der Waals surface area contributed by atoms with Gasteiger partial charge in [-0.15, -0.1) is 0 Å². The molecule has 0 aliphatic rings. The number of ketones is 1. The van der Waals surface area contributed by atoms with E-state index in [1.54, 1.807) is 10.8 Å². The lowest BCUT2D eigenvalue weighted by molar-refractivity contribution is 0.0688. The lowest BCUT2D eigenvalue weighted by Gasteiger charge is -2.07. The van der Waals surface area contributed by atoms with Crippen LogP contribution in [0.5, 0.6) is 0 Å². The molecule has 21 heavy (non-hydrogen) atoms. The number of carbonyl (C=O) groups is 2. The number of aromatic carboxylic acids is 1. The Morgan fingerprint density at radius 3 is 2.38 bits per heavy atom. The van der Waals surface area contributed by atoms with Crippen molar-refractivity contribution in [2.75, 3.05) is 0 Å². The third-order valence-corrected chi connectivity index (χ3v) is 3.48. The molecule has 0 saturated heterocycles. The minimum absolute atomic E-state index is 0.0986. The van der Waals surface area contributed by atoms with E-state index in [1.807, 2.05) is 24.3 Å². The van der Waals surface area contributed by atoms with Crippen molar-refractivity contribution in [1.29, 1.82) is 0 Å². The average molecular weight is 285 g/mol. The van der Waals surface area contributed by atoms with Gasteiger partial charge in [0.15, 0.2) is 5.78 Å². The first kappa shape index (κ1) is 15.0. The van der Waals surface area contributed by atoms with Crippen molar-refractivity contribution in [3.8, 4) is 5.69 Å². The van der Waals surface area contributed by atoms with Crippen molar-refractivity contribution >= 4 is 11.8 Å². The number of hydrogen-bond acceptors (Lipinski definition) is 2. The number of nitrogens with zero attached hydrogens (tertiary/aromatic N) is 1. The number of carboxylic acids is 1. The van der Waals surface area contributed by atoms with Crippen LogP contribution in [-0.2, 0) is 6.42 Å². The monoisotopic (exact) mass is 285 g/mol. The fourth-order valence-corrected chi connectivity index (χ4v) is 2.24. The molecule has 1 aromatic carbocycles. The number of carbonyl (C=O) groups excluding carboxylic acids is 1. The predicted molar refractivity (Wildman–Crippen MR) is 81.3 cm³/mol. The maximum atomic E-state index is 11.4. The second-order valence-electron chi connectivity index (χ2n) is 5.12. The molecule has 0 fully saturated rings. The molecule has 0 aliphatic heterocycles. The Balaban J connectivity index is 2.36. The van der Waals surface area contributed by atoms with Crippen molar-refractivity contribution in [1.82, 2.24) is 4.57 Å². The molecule has 1 aromatic heterocycles. The summed E-state index contributed by atoms with van der Waals surface area (Å²) < 4.78 is 1.54. The Morgan fingerprint density at radius 1 is 1.19 bits per heavy atom. The van der Waals surface area contributed by atoms with Crippen LogP contribution >= 0.6 is 0 Å². The molecule has 2 aromatic rings. The summed E-state index contributed by atoms with van der Waals surface area (Å²) in [5, 5.41) is 9.26. The first-order valence-electron chi connectivity index (χ1n) is 7.09. The van der Waals surface area contributed by atoms with E-state index >= 15 is 0 Å². The Morgan fingerprint density at radius 2 is 1.86 bits per heavy atom. The molecular weight excluding hydrogens is 266 g/mol. The third kappa shape index (κ3) is 3.40. The molecule has 0 atom stereocenters. The summed E-state index contributed by atoms with van der Waals surface area (Å²) in [4.78, 5) is 22.7. The Kier molecular flexibility index (Phi) is 4.58. The zero-order chi connectivity index (χ0) is 15.4. The van der Waals surface area contributed by atoms with Gasteiger partial charge in [-0.3, -0.25) is 4.79 Å². The number of carboxylic acid groups (broad SMARTS) is 1. The SMILES string of the molecule is CCCCc1ccc(-n2cc(C(C)=O)cc2C(=O)O)cc1. The number of unbranched alkanes of at least 4 members (excludes halogenated alkanes) is 1. The van der Waals surface area contributed by atoms with Crippen LogP contribution in [0.3, 0.4) is 0 Å². The van der Waals surface area contributed by atoms with Crippen LogP contribution in [0.25, 0.3) is 5.69 Å². The molecule has 0 spiro atoms. The highest BCUT2D eigenvalue weighted by molar-refractivity contribution is 5.97. The van der Waals surface area contributed by atoms with Gasteiger partial charge >= 0.3 is 5.97 Å². The van der Waals surface area contributed by atoms with Gasteiger partial charge in [-0.2, -0.15) is 0 Å². The number of hydrogen-bond donors (Lipinski definition) is 1. The van der Waals surface area contributed by atoms with Crippen LogP contribution in [0, 0.1) is 0 Å². The summed E-state index contributed by atoms with van der Waals surface area (Å²) in [5.41, 5.74) is 2.49. The highest BCUT2D eigenvalue weighted by Gasteiger charge is 2.15. The van der Waals surface area contributed by atoms with Gasteiger partial charge in [-0.1, -0.05) is 25.5 Å². The molecule has 110 valence electrons. The standard InChI is InChI=1S/C17H19NO3/c1-3-4-5-13-6-8-15(9-7-13)18-11-14(12(2)19)10-16(18)17(20)21/h6-11H,3-5H2,1-2H3,(H,20,21). The molecule has 1 N–H and O–H groups in total. The quantitative estimate of drug-likeness (QED) is 0.823. The second kappa shape index (κ2) is 6.39. The molecule has 1 heterocycles. The number of aromatic nitrogens is 1. The number of benzene rings is 1. The molecule has 2 rings (SSSR count). The van der Waals surface area contributed by atoms with Crippen molar-refractivity contribution in [2.45, 2.75) is 33.1 Å². The van der Waals surface area contributed by atoms with Crippen LogP contribution in [0.1, 0.15) is 53.1 Å². The second-order valence-corrected chi connectivity index (χ2v) is 5.12. The summed E-state index contributed by atoms with van der Waals surface area (Å²) in [7, 11) is 0. The van der Waals surface area contributed by atoms with Gasteiger partial charge in [0.2, 0.25) is 0 Å². The lowest BCUT2D eigenvalue weighted by atomic mass is 10.1. The minimum atomic E-state index is -1.04. The number of rotatable bonds is 6. The van der Waals surface area contributed by atoms with E-state index in [0.29, 0.717) is 5.56 Å². The molecular formula is C17H19NO3. The predicted octanol–water partition coefficient (Wildman–Crippen LogP) is 3.72. The van der Waals surface area contributed by atoms with Crippen LogP contribution in [0.15, 0.2) is 36.5 Å².